The highest BCUT2D eigenvalue weighted by atomic mass is 31.0. The molecule has 0 aliphatic carbocycles. The molecule has 0 amide bonds. The van der Waals surface area contributed by atoms with Gasteiger partial charge in [0.25, 0.3) is 5.69 Å². The van der Waals surface area contributed by atoms with Gasteiger partial charge in [0, 0.05) is 31.8 Å². The zero-order valence-corrected chi connectivity index (χ0v) is 22.8. The van der Waals surface area contributed by atoms with Crippen molar-refractivity contribution in [1.82, 2.24) is 0 Å². The standard InChI is InChI=1S/C24H35N2O5.C2H6.CH5P/c27-18-6-4-15-26(16-5-7-19-28,20-24(29)22-8-2-1-3-9-22)17-14-21-10-12-23(13-11-21)25(30)31;2*1-2/h1-3,8-13,24,27-29H,4-7,14-20H2;1-2H3;2H2,1H3/q+1;;. The number of aliphatic hydroxyl groups is 3. The predicted molar refractivity (Wildman–Crippen MR) is 148 cm³/mol. The fourth-order valence-electron chi connectivity index (χ4n) is 4.03. The summed E-state index contributed by atoms with van der Waals surface area (Å²) in [4.78, 5) is 10.5. The number of quaternary nitrogens is 1. The van der Waals surface area contributed by atoms with Crippen LogP contribution in [-0.2, 0) is 6.42 Å². The average Bonchev–Trinajstić information content (AvgIpc) is 2.91. The Kier molecular flexibility index (Phi) is 19.2. The van der Waals surface area contributed by atoms with Gasteiger partial charge in [0.05, 0.1) is 24.6 Å². The molecule has 198 valence electrons. The molecule has 0 aromatic heterocycles. The van der Waals surface area contributed by atoms with Crippen molar-refractivity contribution in [2.24, 2.45) is 0 Å². The zero-order valence-electron chi connectivity index (χ0n) is 21.7. The molecule has 2 rings (SSSR count). The van der Waals surface area contributed by atoms with Gasteiger partial charge < -0.3 is 19.8 Å². The molecular formula is C27H46N2O5P+. The number of aliphatic hydroxyl groups excluding tert-OH is 3. The summed E-state index contributed by atoms with van der Waals surface area (Å²) in [5, 5.41) is 40.4. The van der Waals surface area contributed by atoms with E-state index < -0.39 is 11.0 Å². The third kappa shape index (κ3) is 13.1. The van der Waals surface area contributed by atoms with E-state index in [0.717, 1.165) is 50.0 Å². The van der Waals surface area contributed by atoms with Crippen molar-refractivity contribution in [3.05, 3.63) is 75.8 Å². The molecule has 2 aromatic rings. The smallest absolute Gasteiger partial charge is 0.269 e. The van der Waals surface area contributed by atoms with Crippen molar-refractivity contribution in [2.75, 3.05) is 46.1 Å². The van der Waals surface area contributed by atoms with E-state index in [9.17, 15) is 25.4 Å². The lowest BCUT2D eigenvalue weighted by atomic mass is 10.0. The molecule has 0 spiro atoms. The van der Waals surface area contributed by atoms with Crippen LogP contribution in [0.3, 0.4) is 0 Å². The van der Waals surface area contributed by atoms with Crippen LogP contribution >= 0.6 is 9.24 Å². The van der Waals surface area contributed by atoms with Crippen LogP contribution in [0.25, 0.3) is 0 Å². The van der Waals surface area contributed by atoms with E-state index in [1.54, 1.807) is 12.1 Å². The number of nitro benzene ring substituents is 1. The van der Waals surface area contributed by atoms with E-state index in [1.807, 2.05) is 50.8 Å². The van der Waals surface area contributed by atoms with Crippen molar-refractivity contribution in [2.45, 2.75) is 52.1 Å². The highest BCUT2D eigenvalue weighted by Gasteiger charge is 2.30. The minimum Gasteiger partial charge on any atom is -0.396 e. The molecule has 0 heterocycles. The van der Waals surface area contributed by atoms with Crippen LogP contribution in [0.4, 0.5) is 5.69 Å². The van der Waals surface area contributed by atoms with Gasteiger partial charge in [-0.1, -0.05) is 63.0 Å². The number of rotatable bonds is 15. The van der Waals surface area contributed by atoms with Gasteiger partial charge in [-0.2, -0.15) is 0 Å². The first kappa shape index (κ1) is 33.1. The fourth-order valence-corrected chi connectivity index (χ4v) is 4.03. The van der Waals surface area contributed by atoms with Crippen LogP contribution in [0.15, 0.2) is 54.6 Å². The van der Waals surface area contributed by atoms with Gasteiger partial charge in [-0.25, -0.2) is 0 Å². The van der Waals surface area contributed by atoms with Crippen LogP contribution in [-0.4, -0.2) is 70.8 Å². The van der Waals surface area contributed by atoms with Gasteiger partial charge in [0.2, 0.25) is 0 Å². The molecule has 3 N–H and O–H groups in total. The second-order valence-electron chi connectivity index (χ2n) is 8.16. The summed E-state index contributed by atoms with van der Waals surface area (Å²) in [6.45, 7) is 9.17. The van der Waals surface area contributed by atoms with Gasteiger partial charge >= 0.3 is 0 Å². The maximum atomic E-state index is 11.0. The van der Waals surface area contributed by atoms with Crippen LogP contribution in [0.1, 0.15) is 56.8 Å². The predicted octanol–water partition coefficient (Wildman–Crippen LogP) is 4.75. The second kappa shape index (κ2) is 20.3. The largest absolute Gasteiger partial charge is 0.396 e. The first-order valence-corrected chi connectivity index (χ1v) is 13.8. The van der Waals surface area contributed by atoms with Crippen molar-refractivity contribution < 1.29 is 24.7 Å². The first-order valence-electron chi connectivity index (χ1n) is 12.6. The maximum Gasteiger partial charge on any atom is 0.269 e. The second-order valence-corrected chi connectivity index (χ2v) is 8.16. The van der Waals surface area contributed by atoms with Crippen molar-refractivity contribution in [3.8, 4) is 0 Å². The van der Waals surface area contributed by atoms with Crippen LogP contribution in [0.5, 0.6) is 0 Å². The maximum absolute atomic E-state index is 11.0. The fraction of sp³-hybridized carbons (Fsp3) is 0.556. The number of unbranched alkanes of at least 4 members (excludes halogenated alkanes) is 2. The van der Waals surface area contributed by atoms with Crippen LogP contribution < -0.4 is 0 Å². The normalized spacial score (nSPS) is 11.5. The molecular weight excluding hydrogens is 463 g/mol. The molecule has 7 nitrogen and oxygen atoms in total. The van der Waals surface area contributed by atoms with Crippen LogP contribution in [0.2, 0.25) is 0 Å². The summed E-state index contributed by atoms with van der Waals surface area (Å²) in [6, 6.07) is 16.3. The molecule has 35 heavy (non-hydrogen) atoms. The topological polar surface area (TPSA) is 104 Å². The quantitative estimate of drug-likeness (QED) is 0.106. The van der Waals surface area contributed by atoms with E-state index in [0.29, 0.717) is 23.9 Å². The third-order valence-electron chi connectivity index (χ3n) is 5.85. The van der Waals surface area contributed by atoms with Gasteiger partial charge in [0.1, 0.15) is 12.6 Å². The van der Waals surface area contributed by atoms with E-state index in [2.05, 4.69) is 9.24 Å². The third-order valence-corrected chi connectivity index (χ3v) is 5.85. The van der Waals surface area contributed by atoms with Crippen molar-refractivity contribution in [3.63, 3.8) is 0 Å². The van der Waals surface area contributed by atoms with Gasteiger partial charge in [-0.3, -0.25) is 10.1 Å². The zero-order chi connectivity index (χ0) is 26.5. The molecule has 2 unspecified atom stereocenters. The van der Waals surface area contributed by atoms with Gasteiger partial charge in [-0.05, 0) is 36.8 Å². The molecule has 0 saturated heterocycles. The minimum absolute atomic E-state index is 0.0786. The lowest BCUT2D eigenvalue weighted by Gasteiger charge is -2.41. The Hall–Kier alpha value is -1.89. The number of benzene rings is 2. The molecule has 0 fully saturated rings. The molecule has 2 atom stereocenters. The lowest BCUT2D eigenvalue weighted by Crippen LogP contribution is -2.53. The van der Waals surface area contributed by atoms with E-state index in [4.69, 9.17) is 0 Å². The summed E-state index contributed by atoms with van der Waals surface area (Å²) >= 11 is 0. The minimum atomic E-state index is -0.610. The Morgan fingerprint density at radius 1 is 0.857 bits per heavy atom. The Labute approximate surface area is 213 Å². The van der Waals surface area contributed by atoms with Crippen molar-refractivity contribution in [1.29, 1.82) is 0 Å². The summed E-state index contributed by atoms with van der Waals surface area (Å²) in [5.41, 5.74) is 1.98. The number of non-ortho nitro benzene ring substituents is 1. The monoisotopic (exact) mass is 509 g/mol. The Balaban J connectivity index is 0.00000274. The van der Waals surface area contributed by atoms with E-state index in [-0.39, 0.29) is 18.9 Å². The molecule has 0 bridgehead atoms. The number of hydrogen-bond donors (Lipinski definition) is 3. The molecule has 0 aliphatic rings. The van der Waals surface area contributed by atoms with E-state index >= 15 is 0 Å². The summed E-state index contributed by atoms with van der Waals surface area (Å²) < 4.78 is 0.674. The molecule has 0 radical (unpaired) electrons. The van der Waals surface area contributed by atoms with Gasteiger partial charge in [0.15, 0.2) is 0 Å². The highest BCUT2D eigenvalue weighted by Crippen LogP contribution is 2.23. The Bertz CT molecular complexity index is 765. The number of nitrogens with zero attached hydrogens (tertiary/aromatic N) is 2. The Morgan fingerprint density at radius 3 is 1.83 bits per heavy atom. The first-order chi connectivity index (χ1) is 17.0. The lowest BCUT2D eigenvalue weighted by molar-refractivity contribution is -0.931. The molecule has 2 aromatic carbocycles. The molecule has 8 heteroatoms. The van der Waals surface area contributed by atoms with Gasteiger partial charge in [-0.15, -0.1) is 9.24 Å². The summed E-state index contributed by atoms with van der Waals surface area (Å²) in [6.07, 6.45) is 3.23. The number of hydrogen-bond acceptors (Lipinski definition) is 5. The van der Waals surface area contributed by atoms with E-state index in [1.165, 1.54) is 12.1 Å². The number of nitro groups is 1. The van der Waals surface area contributed by atoms with Crippen molar-refractivity contribution >= 4 is 14.9 Å². The average molecular weight is 510 g/mol. The summed E-state index contributed by atoms with van der Waals surface area (Å²) in [7, 11) is 2.42. The highest BCUT2D eigenvalue weighted by molar-refractivity contribution is 7.15. The molecule has 0 aliphatic heterocycles. The van der Waals surface area contributed by atoms with Crippen LogP contribution in [0, 0.1) is 10.1 Å². The molecule has 0 saturated carbocycles. The SMILES string of the molecule is CC.CP.O=[N+]([O-])c1ccc(CC[N+](CCCCO)(CCCCO)CC(O)c2ccccc2)cc1. The Morgan fingerprint density at radius 2 is 1.37 bits per heavy atom. The summed E-state index contributed by atoms with van der Waals surface area (Å²) in [5.74, 6) is 0.